The molecule has 2 rings (SSSR count). The van der Waals surface area contributed by atoms with Crippen molar-refractivity contribution in [1.82, 2.24) is 10.9 Å². The van der Waals surface area contributed by atoms with Crippen LogP contribution in [0.3, 0.4) is 0 Å². The highest BCUT2D eigenvalue weighted by Gasteiger charge is 2.16. The summed E-state index contributed by atoms with van der Waals surface area (Å²) in [5, 5.41) is 2.65. The smallest absolute Gasteiger partial charge is 0.279 e. The lowest BCUT2D eigenvalue weighted by molar-refractivity contribution is -0.132. The molecule has 0 bridgehead atoms. The maximum Gasteiger partial charge on any atom is 0.279 e. The van der Waals surface area contributed by atoms with Crippen molar-refractivity contribution in [3.05, 3.63) is 59.2 Å². The molecule has 0 saturated heterocycles. The topological polar surface area (TPSA) is 96.5 Å². The first-order valence-electron chi connectivity index (χ1n) is 8.94. The molecule has 2 aromatic rings. The lowest BCUT2D eigenvalue weighted by Gasteiger charge is -2.17. The number of hydrogen-bond donors (Lipinski definition) is 3. The second-order valence-electron chi connectivity index (χ2n) is 6.55. The molecule has 0 aliphatic carbocycles. The average molecular weight is 383 g/mol. The van der Waals surface area contributed by atoms with E-state index in [9.17, 15) is 14.4 Å². The Balaban J connectivity index is 1.82. The van der Waals surface area contributed by atoms with Gasteiger partial charge in [0, 0.05) is 12.6 Å². The van der Waals surface area contributed by atoms with Crippen LogP contribution < -0.4 is 20.9 Å². The summed E-state index contributed by atoms with van der Waals surface area (Å²) < 4.78 is 5.69. The van der Waals surface area contributed by atoms with Crippen molar-refractivity contribution in [2.75, 3.05) is 5.32 Å². The Morgan fingerprint density at radius 3 is 2.32 bits per heavy atom. The van der Waals surface area contributed by atoms with Gasteiger partial charge in [-0.1, -0.05) is 24.3 Å². The minimum Gasteiger partial charge on any atom is -0.481 e. The van der Waals surface area contributed by atoms with Gasteiger partial charge in [0.25, 0.3) is 5.91 Å². The molecule has 2 aromatic carbocycles. The molecule has 0 aliphatic rings. The molecule has 7 heteroatoms. The number of anilines is 1. The molecule has 0 aliphatic heterocycles. The summed E-state index contributed by atoms with van der Waals surface area (Å²) in [7, 11) is 0. The third-order valence-corrected chi connectivity index (χ3v) is 4.19. The van der Waals surface area contributed by atoms with Gasteiger partial charge in [0.1, 0.15) is 5.75 Å². The Bertz CT molecular complexity index is 862. The van der Waals surface area contributed by atoms with Gasteiger partial charge in [0.2, 0.25) is 11.8 Å². The van der Waals surface area contributed by atoms with Crippen LogP contribution >= 0.6 is 0 Å². The summed E-state index contributed by atoms with van der Waals surface area (Å²) in [5.74, 6) is -0.339. The molecule has 3 N–H and O–H groups in total. The Kier molecular flexibility index (Phi) is 7.14. The Morgan fingerprint density at radius 1 is 1.00 bits per heavy atom. The van der Waals surface area contributed by atoms with Gasteiger partial charge < -0.3 is 10.1 Å². The highest BCUT2D eigenvalue weighted by atomic mass is 16.5. The summed E-state index contributed by atoms with van der Waals surface area (Å²) in [6.45, 7) is 6.93. The van der Waals surface area contributed by atoms with Crippen LogP contribution in [0.25, 0.3) is 0 Å². The van der Waals surface area contributed by atoms with Crippen molar-refractivity contribution in [2.24, 2.45) is 0 Å². The third-order valence-electron chi connectivity index (χ3n) is 4.19. The Morgan fingerprint density at radius 2 is 1.68 bits per heavy atom. The highest BCUT2D eigenvalue weighted by Crippen LogP contribution is 2.21. The van der Waals surface area contributed by atoms with Crippen molar-refractivity contribution in [2.45, 2.75) is 40.2 Å². The number of amides is 3. The second-order valence-corrected chi connectivity index (χ2v) is 6.55. The van der Waals surface area contributed by atoms with E-state index < -0.39 is 12.0 Å². The number of carbonyl (C=O) groups excluding carboxylic acids is 3. The van der Waals surface area contributed by atoms with Crippen LogP contribution in [-0.2, 0) is 20.8 Å². The first-order valence-corrected chi connectivity index (χ1v) is 8.94. The SMILES string of the molecule is CC(=O)Nc1ccc(CC(=O)NNC(=O)[C@@H](C)Oc2cccc(C)c2C)cc1. The molecule has 28 heavy (non-hydrogen) atoms. The predicted molar refractivity (Wildman–Crippen MR) is 107 cm³/mol. The van der Waals surface area contributed by atoms with Gasteiger partial charge in [-0.05, 0) is 55.7 Å². The zero-order valence-electron chi connectivity index (χ0n) is 16.5. The lowest BCUT2D eigenvalue weighted by Crippen LogP contribution is -2.47. The van der Waals surface area contributed by atoms with Gasteiger partial charge in [-0.3, -0.25) is 25.2 Å². The quantitative estimate of drug-likeness (QED) is 0.668. The van der Waals surface area contributed by atoms with Crippen LogP contribution in [0.1, 0.15) is 30.5 Å². The first kappa shape index (κ1) is 21.0. The highest BCUT2D eigenvalue weighted by molar-refractivity contribution is 5.89. The van der Waals surface area contributed by atoms with E-state index in [2.05, 4.69) is 16.2 Å². The van der Waals surface area contributed by atoms with Gasteiger partial charge in [-0.2, -0.15) is 0 Å². The number of rotatable bonds is 6. The molecule has 0 spiro atoms. The summed E-state index contributed by atoms with van der Waals surface area (Å²) in [6.07, 6.45) is -0.676. The average Bonchev–Trinajstić information content (AvgIpc) is 2.64. The molecule has 0 saturated carbocycles. The van der Waals surface area contributed by atoms with Crippen molar-refractivity contribution in [1.29, 1.82) is 0 Å². The van der Waals surface area contributed by atoms with Crippen LogP contribution in [0.5, 0.6) is 5.75 Å². The van der Waals surface area contributed by atoms with Crippen LogP contribution in [0.15, 0.2) is 42.5 Å². The zero-order chi connectivity index (χ0) is 20.7. The minimum absolute atomic E-state index is 0.0901. The Hall–Kier alpha value is -3.35. The molecule has 0 heterocycles. The van der Waals surface area contributed by atoms with Crippen molar-refractivity contribution >= 4 is 23.4 Å². The number of aryl methyl sites for hydroxylation is 1. The zero-order valence-corrected chi connectivity index (χ0v) is 16.5. The molecule has 0 aromatic heterocycles. The van der Waals surface area contributed by atoms with E-state index in [0.717, 1.165) is 16.7 Å². The molecule has 3 amide bonds. The first-order chi connectivity index (χ1) is 13.3. The minimum atomic E-state index is -0.766. The summed E-state index contributed by atoms with van der Waals surface area (Å²) >= 11 is 0. The van der Waals surface area contributed by atoms with Crippen molar-refractivity contribution in [3.63, 3.8) is 0 Å². The maximum atomic E-state index is 12.2. The molecular formula is C21H25N3O4. The second kappa shape index (κ2) is 9.55. The fourth-order valence-corrected chi connectivity index (χ4v) is 2.47. The largest absolute Gasteiger partial charge is 0.481 e. The monoisotopic (exact) mass is 383 g/mol. The molecule has 7 nitrogen and oxygen atoms in total. The van der Waals surface area contributed by atoms with Gasteiger partial charge >= 0.3 is 0 Å². The number of nitrogens with one attached hydrogen (secondary N) is 3. The van der Waals surface area contributed by atoms with Gasteiger partial charge in [-0.25, -0.2) is 0 Å². The van der Waals surface area contributed by atoms with E-state index >= 15 is 0 Å². The standard InChI is InChI=1S/C21H25N3O4/c1-13-6-5-7-19(14(13)2)28-15(3)21(27)24-23-20(26)12-17-8-10-18(11-9-17)22-16(4)25/h5-11,15H,12H2,1-4H3,(H,22,25)(H,23,26)(H,24,27)/t15-/m1/s1. The molecule has 1 atom stereocenters. The van der Waals surface area contributed by atoms with E-state index in [0.29, 0.717) is 11.4 Å². The van der Waals surface area contributed by atoms with Gasteiger partial charge in [-0.15, -0.1) is 0 Å². The predicted octanol–water partition coefficient (Wildman–Crippen LogP) is 2.42. The lowest BCUT2D eigenvalue weighted by atomic mass is 10.1. The third kappa shape index (κ3) is 6.12. The number of carbonyl (C=O) groups is 3. The van der Waals surface area contributed by atoms with E-state index in [1.165, 1.54) is 6.92 Å². The van der Waals surface area contributed by atoms with Crippen LogP contribution in [-0.4, -0.2) is 23.8 Å². The van der Waals surface area contributed by atoms with Crippen molar-refractivity contribution < 1.29 is 19.1 Å². The van der Waals surface area contributed by atoms with E-state index in [-0.39, 0.29) is 18.2 Å². The molecule has 148 valence electrons. The van der Waals surface area contributed by atoms with Gasteiger partial charge in [0.15, 0.2) is 6.10 Å². The van der Waals surface area contributed by atoms with E-state index in [4.69, 9.17) is 4.74 Å². The fraction of sp³-hybridized carbons (Fsp3) is 0.286. The number of hydrazine groups is 1. The molecule has 0 unspecified atom stereocenters. The van der Waals surface area contributed by atoms with E-state index in [1.54, 1.807) is 37.3 Å². The number of benzene rings is 2. The van der Waals surface area contributed by atoms with E-state index in [1.807, 2.05) is 26.0 Å². The van der Waals surface area contributed by atoms with Crippen LogP contribution in [0, 0.1) is 13.8 Å². The summed E-state index contributed by atoms with van der Waals surface area (Å²) in [4.78, 5) is 35.2. The Labute approximate surface area is 164 Å². The molecule has 0 radical (unpaired) electrons. The number of hydrogen-bond acceptors (Lipinski definition) is 4. The summed E-state index contributed by atoms with van der Waals surface area (Å²) in [6, 6.07) is 12.5. The maximum absolute atomic E-state index is 12.2. The van der Waals surface area contributed by atoms with Gasteiger partial charge in [0.05, 0.1) is 6.42 Å². The molecular weight excluding hydrogens is 358 g/mol. The van der Waals surface area contributed by atoms with Crippen LogP contribution in [0.2, 0.25) is 0 Å². The fourth-order valence-electron chi connectivity index (χ4n) is 2.47. The van der Waals surface area contributed by atoms with Crippen LogP contribution in [0.4, 0.5) is 5.69 Å². The summed E-state index contributed by atoms with van der Waals surface area (Å²) in [5.41, 5.74) is 8.20. The number of ether oxygens (including phenoxy) is 1. The normalized spacial score (nSPS) is 11.3. The van der Waals surface area contributed by atoms with Crippen molar-refractivity contribution in [3.8, 4) is 5.75 Å². The molecule has 0 fully saturated rings.